The summed E-state index contributed by atoms with van der Waals surface area (Å²) in [5.41, 5.74) is 8.25. The number of hydrogen-bond acceptors (Lipinski definition) is 3. The van der Waals surface area contributed by atoms with Crippen LogP contribution in [0.2, 0.25) is 0 Å². The van der Waals surface area contributed by atoms with Gasteiger partial charge >= 0.3 is 0 Å². The predicted octanol–water partition coefficient (Wildman–Crippen LogP) is 4.43. The van der Waals surface area contributed by atoms with E-state index in [1.165, 1.54) is 0 Å². The van der Waals surface area contributed by atoms with Gasteiger partial charge in [0.1, 0.15) is 11.4 Å². The summed E-state index contributed by atoms with van der Waals surface area (Å²) in [7, 11) is 0. The number of benzene rings is 2. The Bertz CT molecular complexity index is 676. The minimum absolute atomic E-state index is 0. The second-order valence-electron chi connectivity index (χ2n) is 6.27. The fourth-order valence-corrected chi connectivity index (χ4v) is 2.04. The van der Waals surface area contributed by atoms with E-state index in [0.29, 0.717) is 16.9 Å². The molecule has 0 aliphatic carbocycles. The molecule has 0 radical (unpaired) electrons. The number of rotatable bonds is 3. The zero-order valence-corrected chi connectivity index (χ0v) is 14.7. The molecule has 3 N–H and O–H groups in total. The number of amides is 1. The fraction of sp³-hybridized carbons (Fsp3) is 0.278. The third kappa shape index (κ3) is 5.49. The Morgan fingerprint density at radius 3 is 2.26 bits per heavy atom. The number of nitrogens with one attached hydrogen (secondary N) is 1. The maximum absolute atomic E-state index is 12.3. The van der Waals surface area contributed by atoms with E-state index in [9.17, 15) is 4.79 Å². The molecule has 2 aromatic rings. The zero-order valence-electron chi connectivity index (χ0n) is 13.8. The second kappa shape index (κ2) is 7.38. The molecule has 0 aromatic heterocycles. The molecule has 23 heavy (non-hydrogen) atoms. The number of nitrogen functional groups attached to an aromatic ring is 1. The quantitative estimate of drug-likeness (QED) is 0.816. The Hall–Kier alpha value is -2.20. The van der Waals surface area contributed by atoms with Crippen LogP contribution in [0.4, 0.5) is 11.4 Å². The molecule has 0 aliphatic heterocycles. The molecule has 0 atom stereocenters. The summed E-state index contributed by atoms with van der Waals surface area (Å²) in [6.45, 7) is 7.86. The third-order valence-corrected chi connectivity index (χ3v) is 3.04. The monoisotopic (exact) mass is 334 g/mol. The van der Waals surface area contributed by atoms with Crippen molar-refractivity contribution in [2.45, 2.75) is 33.3 Å². The molecular weight excluding hydrogens is 312 g/mol. The van der Waals surface area contributed by atoms with Crippen molar-refractivity contribution in [3.63, 3.8) is 0 Å². The molecular formula is C18H23ClN2O2. The first-order chi connectivity index (χ1) is 10.2. The summed E-state index contributed by atoms with van der Waals surface area (Å²) in [6.07, 6.45) is 0. The summed E-state index contributed by atoms with van der Waals surface area (Å²) >= 11 is 0. The molecule has 5 heteroatoms. The van der Waals surface area contributed by atoms with Gasteiger partial charge in [0.25, 0.3) is 5.91 Å². The van der Waals surface area contributed by atoms with Gasteiger partial charge in [0.2, 0.25) is 0 Å². The third-order valence-electron chi connectivity index (χ3n) is 3.04. The molecule has 0 bridgehead atoms. The molecule has 2 aromatic carbocycles. The Balaban J connectivity index is 0.00000264. The van der Waals surface area contributed by atoms with Crippen LogP contribution in [0.5, 0.6) is 5.75 Å². The maximum Gasteiger partial charge on any atom is 0.256 e. The van der Waals surface area contributed by atoms with E-state index < -0.39 is 0 Å². The van der Waals surface area contributed by atoms with E-state index >= 15 is 0 Å². The average molecular weight is 335 g/mol. The van der Waals surface area contributed by atoms with Crippen LogP contribution in [0, 0.1) is 6.92 Å². The molecule has 0 fully saturated rings. The van der Waals surface area contributed by atoms with Gasteiger partial charge in [0, 0.05) is 16.9 Å². The van der Waals surface area contributed by atoms with Crippen molar-refractivity contribution in [1.82, 2.24) is 0 Å². The molecule has 0 saturated heterocycles. The first kappa shape index (κ1) is 18.8. The van der Waals surface area contributed by atoms with Gasteiger partial charge in [0.15, 0.2) is 0 Å². The standard InChI is InChI=1S/C18H22N2O2.ClH/c1-12-5-6-13(19)11-16(12)17(21)20-14-7-9-15(10-8-14)22-18(2,3)4;/h5-11H,19H2,1-4H3,(H,20,21);1H. The number of nitrogens with two attached hydrogens (primary N) is 1. The summed E-state index contributed by atoms with van der Waals surface area (Å²) in [4.78, 5) is 12.3. The molecule has 1 amide bonds. The van der Waals surface area contributed by atoms with Crippen molar-refractivity contribution in [3.8, 4) is 5.75 Å². The summed E-state index contributed by atoms with van der Waals surface area (Å²) in [5.74, 6) is 0.597. The summed E-state index contributed by atoms with van der Waals surface area (Å²) in [5, 5.41) is 2.87. The lowest BCUT2D eigenvalue weighted by molar-refractivity contribution is 0.102. The second-order valence-corrected chi connectivity index (χ2v) is 6.27. The van der Waals surface area contributed by atoms with Gasteiger partial charge in [-0.15, -0.1) is 12.4 Å². The van der Waals surface area contributed by atoms with E-state index in [4.69, 9.17) is 10.5 Å². The summed E-state index contributed by atoms with van der Waals surface area (Å²) < 4.78 is 5.75. The smallest absolute Gasteiger partial charge is 0.256 e. The largest absolute Gasteiger partial charge is 0.488 e. The van der Waals surface area contributed by atoms with Crippen molar-refractivity contribution < 1.29 is 9.53 Å². The lowest BCUT2D eigenvalue weighted by Gasteiger charge is -2.21. The number of aryl methyl sites for hydroxylation is 1. The van der Waals surface area contributed by atoms with E-state index in [1.807, 2.05) is 58.0 Å². The first-order valence-electron chi connectivity index (χ1n) is 7.21. The van der Waals surface area contributed by atoms with Crippen molar-refractivity contribution >= 4 is 29.7 Å². The van der Waals surface area contributed by atoms with Crippen LogP contribution < -0.4 is 15.8 Å². The van der Waals surface area contributed by atoms with Crippen molar-refractivity contribution in [2.24, 2.45) is 0 Å². The van der Waals surface area contributed by atoms with Crippen LogP contribution in [0.3, 0.4) is 0 Å². The van der Waals surface area contributed by atoms with Gasteiger partial charge in [-0.25, -0.2) is 0 Å². The topological polar surface area (TPSA) is 64.4 Å². The molecule has 0 aliphatic rings. The van der Waals surface area contributed by atoms with Gasteiger partial charge in [0.05, 0.1) is 0 Å². The van der Waals surface area contributed by atoms with Gasteiger partial charge in [-0.3, -0.25) is 4.79 Å². The van der Waals surface area contributed by atoms with Crippen LogP contribution >= 0.6 is 12.4 Å². The SMILES string of the molecule is Cc1ccc(N)cc1C(=O)Nc1ccc(OC(C)(C)C)cc1.Cl. The lowest BCUT2D eigenvalue weighted by atomic mass is 10.1. The lowest BCUT2D eigenvalue weighted by Crippen LogP contribution is -2.22. The molecule has 0 heterocycles. The van der Waals surface area contributed by atoms with Crippen molar-refractivity contribution in [3.05, 3.63) is 53.6 Å². The molecule has 124 valence electrons. The van der Waals surface area contributed by atoms with Crippen LogP contribution in [0.15, 0.2) is 42.5 Å². The Labute approximate surface area is 143 Å². The van der Waals surface area contributed by atoms with Crippen molar-refractivity contribution in [2.75, 3.05) is 11.1 Å². The Morgan fingerprint density at radius 1 is 1.09 bits per heavy atom. The van der Waals surface area contributed by atoms with Gasteiger partial charge in [-0.2, -0.15) is 0 Å². The molecule has 0 unspecified atom stereocenters. The Morgan fingerprint density at radius 2 is 1.70 bits per heavy atom. The number of ether oxygens (including phenoxy) is 1. The van der Waals surface area contributed by atoms with E-state index in [1.54, 1.807) is 12.1 Å². The number of hydrogen-bond donors (Lipinski definition) is 2. The van der Waals surface area contributed by atoms with E-state index in [2.05, 4.69) is 5.32 Å². The number of carbonyl (C=O) groups is 1. The number of carbonyl (C=O) groups excluding carboxylic acids is 1. The molecule has 2 rings (SSSR count). The van der Waals surface area contributed by atoms with E-state index in [0.717, 1.165) is 11.3 Å². The van der Waals surface area contributed by atoms with Crippen LogP contribution in [-0.2, 0) is 0 Å². The van der Waals surface area contributed by atoms with E-state index in [-0.39, 0.29) is 23.9 Å². The van der Waals surface area contributed by atoms with Crippen LogP contribution in [0.1, 0.15) is 36.7 Å². The maximum atomic E-state index is 12.3. The fourth-order valence-electron chi connectivity index (χ4n) is 2.04. The number of anilines is 2. The molecule has 0 saturated carbocycles. The summed E-state index contributed by atoms with van der Waals surface area (Å²) in [6, 6.07) is 12.6. The van der Waals surface area contributed by atoms with Gasteiger partial charge < -0.3 is 15.8 Å². The highest BCUT2D eigenvalue weighted by molar-refractivity contribution is 6.05. The average Bonchev–Trinajstić information content (AvgIpc) is 2.42. The normalized spacial score (nSPS) is 10.6. The first-order valence-corrected chi connectivity index (χ1v) is 7.21. The highest BCUT2D eigenvalue weighted by Gasteiger charge is 2.12. The highest BCUT2D eigenvalue weighted by atomic mass is 35.5. The Kier molecular flexibility index (Phi) is 6.05. The van der Waals surface area contributed by atoms with Crippen LogP contribution in [-0.4, -0.2) is 11.5 Å². The van der Waals surface area contributed by atoms with Crippen molar-refractivity contribution in [1.29, 1.82) is 0 Å². The van der Waals surface area contributed by atoms with Gasteiger partial charge in [-0.1, -0.05) is 6.07 Å². The molecule has 0 spiro atoms. The number of halogens is 1. The van der Waals surface area contributed by atoms with Crippen LogP contribution in [0.25, 0.3) is 0 Å². The highest BCUT2D eigenvalue weighted by Crippen LogP contribution is 2.21. The van der Waals surface area contributed by atoms with Gasteiger partial charge in [-0.05, 0) is 69.7 Å². The minimum Gasteiger partial charge on any atom is -0.488 e. The zero-order chi connectivity index (χ0) is 16.3. The minimum atomic E-state index is -0.247. The molecule has 4 nitrogen and oxygen atoms in total. The predicted molar refractivity (Wildman–Crippen MR) is 97.6 cm³/mol.